The van der Waals surface area contributed by atoms with Gasteiger partial charge in [-0.1, -0.05) is 25.5 Å². The summed E-state index contributed by atoms with van der Waals surface area (Å²) in [4.78, 5) is 24.5. The highest BCUT2D eigenvalue weighted by Gasteiger charge is 2.16. The molecular weight excluding hydrogens is 311 g/mol. The fourth-order valence-corrected chi connectivity index (χ4v) is 2.14. The van der Waals surface area contributed by atoms with Gasteiger partial charge in [-0.05, 0) is 36.8 Å². The third-order valence-corrected chi connectivity index (χ3v) is 3.44. The summed E-state index contributed by atoms with van der Waals surface area (Å²) >= 11 is 0. The van der Waals surface area contributed by atoms with Gasteiger partial charge in [-0.15, -0.1) is 0 Å². The van der Waals surface area contributed by atoms with Gasteiger partial charge in [-0.2, -0.15) is 0 Å². The van der Waals surface area contributed by atoms with Crippen molar-refractivity contribution in [2.24, 2.45) is 0 Å². The number of rotatable bonds is 6. The summed E-state index contributed by atoms with van der Waals surface area (Å²) in [5, 5.41) is 15.0. The molecule has 3 N–H and O–H groups in total. The summed E-state index contributed by atoms with van der Waals surface area (Å²) in [5.74, 6) is -1.79. The monoisotopic (exact) mass is 330 g/mol. The molecule has 2 aromatic rings. The van der Waals surface area contributed by atoms with Gasteiger partial charge in [0.15, 0.2) is 0 Å². The minimum absolute atomic E-state index is 0.0369. The van der Waals surface area contributed by atoms with Gasteiger partial charge in [0.1, 0.15) is 11.6 Å². The predicted octanol–water partition coefficient (Wildman–Crippen LogP) is 3.31. The Bertz CT molecular complexity index is 747. The Hall–Kier alpha value is -2.89. The summed E-state index contributed by atoms with van der Waals surface area (Å²) in [7, 11) is 0. The Balaban J connectivity index is 2.22. The van der Waals surface area contributed by atoms with E-state index in [4.69, 9.17) is 0 Å². The summed E-state index contributed by atoms with van der Waals surface area (Å²) in [5.41, 5.74) is 0.285. The molecule has 0 radical (unpaired) electrons. The molecule has 0 aliphatic heterocycles. The van der Waals surface area contributed by atoms with E-state index in [2.05, 4.69) is 10.6 Å². The number of hydrogen-bond acceptors (Lipinski definition) is 3. The van der Waals surface area contributed by atoms with Crippen molar-refractivity contribution in [1.82, 2.24) is 5.32 Å². The zero-order valence-electron chi connectivity index (χ0n) is 13.3. The number of carbonyl (C=O) groups is 2. The highest BCUT2D eigenvalue weighted by Crippen LogP contribution is 2.21. The lowest BCUT2D eigenvalue weighted by Gasteiger charge is -2.12. The Morgan fingerprint density at radius 3 is 2.54 bits per heavy atom. The topological polar surface area (TPSA) is 78.4 Å². The van der Waals surface area contributed by atoms with Gasteiger partial charge in [-0.25, -0.2) is 4.39 Å². The highest BCUT2D eigenvalue weighted by molar-refractivity contribution is 6.10. The largest absolute Gasteiger partial charge is 0.507 e. The maximum absolute atomic E-state index is 13.5. The molecule has 0 unspecified atom stereocenters. The van der Waals surface area contributed by atoms with E-state index < -0.39 is 17.6 Å². The predicted molar refractivity (Wildman–Crippen MR) is 89.7 cm³/mol. The van der Waals surface area contributed by atoms with Crippen LogP contribution in [0.15, 0.2) is 42.5 Å². The minimum atomic E-state index is -0.581. The summed E-state index contributed by atoms with van der Waals surface area (Å²) in [6, 6.07) is 9.59. The fourth-order valence-electron chi connectivity index (χ4n) is 2.14. The van der Waals surface area contributed by atoms with Crippen molar-refractivity contribution in [2.75, 3.05) is 11.9 Å². The Labute approximate surface area is 139 Å². The second kappa shape index (κ2) is 8.10. The third-order valence-electron chi connectivity index (χ3n) is 3.44. The van der Waals surface area contributed by atoms with Crippen molar-refractivity contribution in [3.8, 4) is 5.75 Å². The van der Waals surface area contributed by atoms with Crippen LogP contribution in [0.2, 0.25) is 0 Å². The number of unbranched alkanes of at least 4 members (excludes halogenated alkanes) is 1. The molecule has 2 aromatic carbocycles. The Morgan fingerprint density at radius 2 is 1.83 bits per heavy atom. The lowest BCUT2D eigenvalue weighted by Crippen LogP contribution is -2.26. The van der Waals surface area contributed by atoms with Crippen molar-refractivity contribution < 1.29 is 19.1 Å². The summed E-state index contributed by atoms with van der Waals surface area (Å²) in [6.45, 7) is 2.46. The van der Waals surface area contributed by atoms with E-state index in [9.17, 15) is 19.1 Å². The van der Waals surface area contributed by atoms with Gasteiger partial charge in [0.25, 0.3) is 11.8 Å². The molecule has 0 heterocycles. The van der Waals surface area contributed by atoms with Gasteiger partial charge in [0.2, 0.25) is 0 Å². The maximum atomic E-state index is 13.5. The molecule has 24 heavy (non-hydrogen) atoms. The normalized spacial score (nSPS) is 10.2. The van der Waals surface area contributed by atoms with Crippen LogP contribution in [-0.4, -0.2) is 23.5 Å². The van der Waals surface area contributed by atoms with Crippen LogP contribution in [0.4, 0.5) is 10.1 Å². The molecule has 0 saturated heterocycles. The molecule has 126 valence electrons. The number of phenols is 1. The van der Waals surface area contributed by atoms with E-state index in [1.807, 2.05) is 6.92 Å². The first-order chi connectivity index (χ1) is 11.5. The summed E-state index contributed by atoms with van der Waals surface area (Å²) < 4.78 is 13.5. The molecule has 6 heteroatoms. The molecule has 0 bridgehead atoms. The Morgan fingerprint density at radius 1 is 1.08 bits per heavy atom. The second-order valence-electron chi connectivity index (χ2n) is 5.27. The zero-order chi connectivity index (χ0) is 17.5. The van der Waals surface area contributed by atoms with E-state index in [0.29, 0.717) is 6.54 Å². The number of nitrogens with one attached hydrogen (secondary N) is 2. The van der Waals surface area contributed by atoms with Crippen LogP contribution >= 0.6 is 0 Å². The van der Waals surface area contributed by atoms with Gasteiger partial charge < -0.3 is 15.7 Å². The molecule has 0 aliphatic carbocycles. The maximum Gasteiger partial charge on any atom is 0.259 e. The molecule has 2 rings (SSSR count). The lowest BCUT2D eigenvalue weighted by molar-refractivity contribution is 0.0953. The SMILES string of the molecule is CCCCNC(=O)c1cc(F)ccc1NC(=O)c1ccccc1O. The van der Waals surface area contributed by atoms with Crippen molar-refractivity contribution in [2.45, 2.75) is 19.8 Å². The van der Waals surface area contributed by atoms with E-state index in [1.54, 1.807) is 12.1 Å². The number of halogens is 1. The number of aromatic hydroxyl groups is 1. The Kier molecular flexibility index (Phi) is 5.89. The van der Waals surface area contributed by atoms with Gasteiger partial charge in [-0.3, -0.25) is 9.59 Å². The average Bonchev–Trinajstić information content (AvgIpc) is 2.57. The lowest BCUT2D eigenvalue weighted by atomic mass is 10.1. The molecule has 0 spiro atoms. The molecule has 0 aromatic heterocycles. The van der Waals surface area contributed by atoms with Crippen LogP contribution in [0.1, 0.15) is 40.5 Å². The fraction of sp³-hybridized carbons (Fsp3) is 0.222. The van der Waals surface area contributed by atoms with E-state index in [-0.39, 0.29) is 22.6 Å². The van der Waals surface area contributed by atoms with Gasteiger partial charge in [0.05, 0.1) is 16.8 Å². The van der Waals surface area contributed by atoms with Gasteiger partial charge in [0, 0.05) is 6.54 Å². The van der Waals surface area contributed by atoms with Crippen LogP contribution in [0, 0.1) is 5.82 Å². The van der Waals surface area contributed by atoms with Crippen LogP contribution in [0.5, 0.6) is 5.75 Å². The number of amides is 2. The van der Waals surface area contributed by atoms with Crippen molar-refractivity contribution >= 4 is 17.5 Å². The van der Waals surface area contributed by atoms with Crippen LogP contribution in [-0.2, 0) is 0 Å². The molecule has 0 fully saturated rings. The molecule has 0 aliphatic rings. The van der Waals surface area contributed by atoms with Crippen LogP contribution in [0.25, 0.3) is 0 Å². The number of benzene rings is 2. The van der Waals surface area contributed by atoms with Crippen molar-refractivity contribution in [3.63, 3.8) is 0 Å². The van der Waals surface area contributed by atoms with Crippen molar-refractivity contribution in [3.05, 3.63) is 59.4 Å². The van der Waals surface area contributed by atoms with Gasteiger partial charge >= 0.3 is 0 Å². The highest BCUT2D eigenvalue weighted by atomic mass is 19.1. The smallest absolute Gasteiger partial charge is 0.259 e. The first kappa shape index (κ1) is 17.5. The van der Waals surface area contributed by atoms with Crippen molar-refractivity contribution in [1.29, 1.82) is 0 Å². The molecule has 0 atom stereocenters. The number of anilines is 1. The first-order valence-electron chi connectivity index (χ1n) is 7.70. The standard InChI is InChI=1S/C18H19FN2O3/c1-2-3-10-20-17(23)14-11-12(19)8-9-15(14)21-18(24)13-6-4-5-7-16(13)22/h4-9,11,22H,2-3,10H2,1H3,(H,20,23)(H,21,24). The quantitative estimate of drug-likeness (QED) is 0.711. The zero-order valence-corrected chi connectivity index (χ0v) is 13.3. The first-order valence-corrected chi connectivity index (χ1v) is 7.70. The molecule has 5 nitrogen and oxygen atoms in total. The summed E-state index contributed by atoms with van der Waals surface area (Å²) in [6.07, 6.45) is 1.72. The average molecular weight is 330 g/mol. The number of para-hydroxylation sites is 1. The number of phenolic OH excluding ortho intramolecular Hbond substituents is 1. The molecule has 0 saturated carbocycles. The van der Waals surface area contributed by atoms with Crippen LogP contribution < -0.4 is 10.6 Å². The minimum Gasteiger partial charge on any atom is -0.507 e. The third kappa shape index (κ3) is 4.32. The van der Waals surface area contributed by atoms with E-state index >= 15 is 0 Å². The van der Waals surface area contributed by atoms with E-state index in [0.717, 1.165) is 25.0 Å². The molecular formula is C18H19FN2O3. The molecule has 2 amide bonds. The van der Waals surface area contributed by atoms with Crippen LogP contribution in [0.3, 0.4) is 0 Å². The van der Waals surface area contributed by atoms with E-state index in [1.165, 1.54) is 18.2 Å². The number of carbonyl (C=O) groups excluding carboxylic acids is 2. The second-order valence-corrected chi connectivity index (χ2v) is 5.27. The number of hydrogen-bond donors (Lipinski definition) is 3.